The lowest BCUT2D eigenvalue weighted by Gasteiger charge is -2.17. The molecule has 4 rings (SSSR count). The molecular weight excluding hydrogens is 318 g/mol. The van der Waals surface area contributed by atoms with E-state index in [4.69, 9.17) is 9.47 Å². The topological polar surface area (TPSA) is 65.4 Å². The number of amides is 1. The molecule has 25 heavy (non-hydrogen) atoms. The summed E-state index contributed by atoms with van der Waals surface area (Å²) >= 11 is 0. The van der Waals surface area contributed by atoms with Gasteiger partial charge in [0, 0.05) is 24.2 Å². The number of ether oxygens (including phenoxy) is 2. The van der Waals surface area contributed by atoms with Crippen molar-refractivity contribution in [1.82, 2.24) is 15.1 Å². The van der Waals surface area contributed by atoms with E-state index in [1.165, 1.54) is 5.56 Å². The molecule has 2 aliphatic rings. The summed E-state index contributed by atoms with van der Waals surface area (Å²) in [6.07, 6.45) is 4.39. The summed E-state index contributed by atoms with van der Waals surface area (Å²) in [5.41, 5.74) is 2.05. The van der Waals surface area contributed by atoms with Gasteiger partial charge in [-0.1, -0.05) is 6.07 Å². The zero-order valence-electron chi connectivity index (χ0n) is 14.6. The first kappa shape index (κ1) is 16.0. The molecule has 132 valence electrons. The van der Waals surface area contributed by atoms with Crippen LogP contribution < -0.4 is 14.8 Å². The quantitative estimate of drug-likeness (QED) is 0.877. The summed E-state index contributed by atoms with van der Waals surface area (Å²) < 4.78 is 12.7. The second kappa shape index (κ2) is 6.10. The van der Waals surface area contributed by atoms with Crippen LogP contribution in [0.2, 0.25) is 0 Å². The zero-order valence-corrected chi connectivity index (χ0v) is 14.6. The summed E-state index contributed by atoms with van der Waals surface area (Å²) in [6.45, 7) is 5.07. The Labute approximate surface area is 147 Å². The number of benzene rings is 1. The first-order chi connectivity index (χ1) is 12.1. The number of fused-ring (bicyclic) bond motifs is 1. The summed E-state index contributed by atoms with van der Waals surface area (Å²) in [5.74, 6) is 1.61. The minimum Gasteiger partial charge on any atom is -0.454 e. The Morgan fingerprint density at radius 1 is 1.28 bits per heavy atom. The van der Waals surface area contributed by atoms with Gasteiger partial charge in [-0.3, -0.25) is 9.48 Å². The average molecular weight is 341 g/mol. The summed E-state index contributed by atoms with van der Waals surface area (Å²) in [5, 5.41) is 7.51. The molecule has 0 spiro atoms. The lowest BCUT2D eigenvalue weighted by atomic mass is 9.95. The van der Waals surface area contributed by atoms with Crippen LogP contribution in [0.5, 0.6) is 11.5 Å². The number of hydrogen-bond acceptors (Lipinski definition) is 4. The van der Waals surface area contributed by atoms with Gasteiger partial charge in [-0.2, -0.15) is 5.10 Å². The van der Waals surface area contributed by atoms with Crippen molar-refractivity contribution in [3.8, 4) is 11.5 Å². The molecule has 1 aromatic heterocycles. The minimum atomic E-state index is 0.0148. The van der Waals surface area contributed by atoms with Gasteiger partial charge in [-0.05, 0) is 50.5 Å². The molecule has 2 heterocycles. The van der Waals surface area contributed by atoms with E-state index in [0.717, 1.165) is 30.0 Å². The van der Waals surface area contributed by atoms with Gasteiger partial charge in [-0.15, -0.1) is 0 Å². The molecular formula is C19H23N3O3. The number of rotatable bonds is 6. The van der Waals surface area contributed by atoms with Crippen molar-refractivity contribution in [3.05, 3.63) is 41.7 Å². The Bertz CT molecular complexity index is 793. The monoisotopic (exact) mass is 341 g/mol. The second-order valence-corrected chi connectivity index (χ2v) is 7.18. The Balaban J connectivity index is 1.36. The lowest BCUT2D eigenvalue weighted by Crippen LogP contribution is -2.33. The van der Waals surface area contributed by atoms with Gasteiger partial charge < -0.3 is 14.8 Å². The number of carbonyl (C=O) groups excluding carboxylic acids is 1. The normalized spacial score (nSPS) is 16.9. The number of nitrogens with one attached hydrogen (secondary N) is 1. The third-order valence-corrected chi connectivity index (χ3v) is 5.00. The molecule has 6 heteroatoms. The van der Waals surface area contributed by atoms with Crippen LogP contribution in [0.15, 0.2) is 30.5 Å². The van der Waals surface area contributed by atoms with Crippen LogP contribution in [0.3, 0.4) is 0 Å². The maximum Gasteiger partial charge on any atom is 0.231 e. The standard InChI is InChI=1S/C19H23N3O3/c1-13(2)22-8-5-15(21-22)10-18(23)20-11-19(6-7-19)14-3-4-16-17(9-14)25-12-24-16/h3-5,8-9,13H,6-7,10-12H2,1-2H3,(H,20,23). The van der Waals surface area contributed by atoms with Crippen molar-refractivity contribution < 1.29 is 14.3 Å². The molecule has 0 atom stereocenters. The Morgan fingerprint density at radius 2 is 2.08 bits per heavy atom. The predicted octanol–water partition coefficient (Wildman–Crippen LogP) is 2.58. The third kappa shape index (κ3) is 3.21. The minimum absolute atomic E-state index is 0.0148. The van der Waals surface area contributed by atoms with Crippen LogP contribution in [0, 0.1) is 0 Å². The van der Waals surface area contributed by atoms with Crippen molar-refractivity contribution in [2.45, 2.75) is 44.6 Å². The second-order valence-electron chi connectivity index (χ2n) is 7.18. The van der Waals surface area contributed by atoms with E-state index >= 15 is 0 Å². The molecule has 1 amide bonds. The number of aromatic nitrogens is 2. The average Bonchev–Trinajstić information content (AvgIpc) is 3.02. The van der Waals surface area contributed by atoms with E-state index in [1.807, 2.05) is 29.1 Å². The van der Waals surface area contributed by atoms with Gasteiger partial charge in [0.05, 0.1) is 12.1 Å². The van der Waals surface area contributed by atoms with E-state index < -0.39 is 0 Å². The molecule has 1 aliphatic heterocycles. The maximum atomic E-state index is 12.3. The van der Waals surface area contributed by atoms with Crippen LogP contribution in [0.4, 0.5) is 0 Å². The molecule has 1 aliphatic carbocycles. The van der Waals surface area contributed by atoms with Gasteiger partial charge in [0.25, 0.3) is 0 Å². The van der Waals surface area contributed by atoms with Gasteiger partial charge in [0.1, 0.15) is 0 Å². The molecule has 1 fully saturated rings. The molecule has 2 aromatic rings. The third-order valence-electron chi connectivity index (χ3n) is 5.00. The summed E-state index contributed by atoms with van der Waals surface area (Å²) in [4.78, 5) is 12.3. The largest absolute Gasteiger partial charge is 0.454 e. The van der Waals surface area contributed by atoms with Crippen molar-refractivity contribution in [2.75, 3.05) is 13.3 Å². The van der Waals surface area contributed by atoms with E-state index in [-0.39, 0.29) is 18.1 Å². The lowest BCUT2D eigenvalue weighted by molar-refractivity contribution is -0.120. The maximum absolute atomic E-state index is 12.3. The summed E-state index contributed by atoms with van der Waals surface area (Å²) in [6, 6.07) is 8.29. The molecule has 6 nitrogen and oxygen atoms in total. The zero-order chi connectivity index (χ0) is 17.4. The number of carbonyl (C=O) groups is 1. The van der Waals surface area contributed by atoms with Crippen LogP contribution in [-0.2, 0) is 16.6 Å². The Hall–Kier alpha value is -2.50. The van der Waals surface area contributed by atoms with Crippen LogP contribution in [-0.4, -0.2) is 29.0 Å². The highest BCUT2D eigenvalue weighted by atomic mass is 16.7. The smallest absolute Gasteiger partial charge is 0.231 e. The molecule has 0 radical (unpaired) electrons. The van der Waals surface area contributed by atoms with Crippen LogP contribution in [0.25, 0.3) is 0 Å². The number of hydrogen-bond donors (Lipinski definition) is 1. The fourth-order valence-corrected chi connectivity index (χ4v) is 3.20. The molecule has 0 unspecified atom stereocenters. The molecule has 0 saturated heterocycles. The fourth-order valence-electron chi connectivity index (χ4n) is 3.20. The Morgan fingerprint density at radius 3 is 2.80 bits per heavy atom. The highest BCUT2D eigenvalue weighted by Gasteiger charge is 2.45. The van der Waals surface area contributed by atoms with Crippen molar-refractivity contribution >= 4 is 5.91 Å². The van der Waals surface area contributed by atoms with E-state index in [2.05, 4.69) is 30.3 Å². The predicted molar refractivity (Wildman–Crippen MR) is 92.8 cm³/mol. The van der Waals surface area contributed by atoms with Crippen LogP contribution in [0.1, 0.15) is 44.0 Å². The fraction of sp³-hybridized carbons (Fsp3) is 0.474. The van der Waals surface area contributed by atoms with E-state index in [9.17, 15) is 4.79 Å². The van der Waals surface area contributed by atoms with E-state index in [0.29, 0.717) is 19.0 Å². The molecule has 1 saturated carbocycles. The van der Waals surface area contributed by atoms with Gasteiger partial charge in [0.15, 0.2) is 11.5 Å². The van der Waals surface area contributed by atoms with Gasteiger partial charge >= 0.3 is 0 Å². The van der Waals surface area contributed by atoms with E-state index in [1.54, 1.807) is 0 Å². The molecule has 0 bridgehead atoms. The van der Waals surface area contributed by atoms with Crippen LogP contribution >= 0.6 is 0 Å². The van der Waals surface area contributed by atoms with Crippen molar-refractivity contribution in [3.63, 3.8) is 0 Å². The first-order valence-electron chi connectivity index (χ1n) is 8.77. The highest BCUT2D eigenvalue weighted by Crippen LogP contribution is 2.49. The van der Waals surface area contributed by atoms with Gasteiger partial charge in [-0.25, -0.2) is 0 Å². The molecule has 1 N–H and O–H groups in total. The van der Waals surface area contributed by atoms with Crippen molar-refractivity contribution in [2.24, 2.45) is 0 Å². The summed E-state index contributed by atoms with van der Waals surface area (Å²) in [7, 11) is 0. The van der Waals surface area contributed by atoms with Gasteiger partial charge in [0.2, 0.25) is 12.7 Å². The Kier molecular flexibility index (Phi) is 3.90. The first-order valence-corrected chi connectivity index (χ1v) is 8.77. The molecule has 1 aromatic carbocycles. The highest BCUT2D eigenvalue weighted by molar-refractivity contribution is 5.78. The van der Waals surface area contributed by atoms with Crippen molar-refractivity contribution in [1.29, 1.82) is 0 Å². The number of nitrogens with zero attached hydrogens (tertiary/aromatic N) is 2. The SMILES string of the molecule is CC(C)n1ccc(CC(=O)NCC2(c3ccc4c(c3)OCO4)CC2)n1.